The molecule has 0 fully saturated rings. The first kappa shape index (κ1) is 20.0. The number of pyridine rings is 1. The molecule has 2 aromatic heterocycles. The molecule has 0 aliphatic rings. The average molecular weight is 389 g/mol. The Labute approximate surface area is 149 Å². The van der Waals surface area contributed by atoms with E-state index < -0.39 is 27.4 Å². The van der Waals surface area contributed by atoms with Crippen LogP contribution < -0.4 is 10.0 Å². The second-order valence-electron chi connectivity index (χ2n) is 6.29. The summed E-state index contributed by atoms with van der Waals surface area (Å²) in [6, 6.07) is 5.49. The maximum absolute atomic E-state index is 13.1. The third-order valence-electron chi connectivity index (χ3n) is 3.08. The molecule has 142 valence electrons. The molecular formula is C15H18F3N5O2S. The summed E-state index contributed by atoms with van der Waals surface area (Å²) in [5.41, 5.74) is -1.87. The number of hydrogen-bond donors (Lipinski definition) is 2. The van der Waals surface area contributed by atoms with Crippen LogP contribution in [-0.4, -0.2) is 41.7 Å². The van der Waals surface area contributed by atoms with E-state index in [4.69, 9.17) is 0 Å². The standard InChI is InChI=1S/C15H18F3N5O2S/c1-14(2,23-26(3,24)25)9-20-12-8-11(15(16,17)18)21-13(22-12)10-6-4-5-7-19-10/h4-8,23H,9H2,1-3H3,(H,20,21,22). The van der Waals surface area contributed by atoms with Crippen LogP contribution in [-0.2, 0) is 16.2 Å². The topological polar surface area (TPSA) is 96.9 Å². The lowest BCUT2D eigenvalue weighted by molar-refractivity contribution is -0.141. The van der Waals surface area contributed by atoms with Crippen LogP contribution in [0.3, 0.4) is 0 Å². The number of anilines is 1. The highest BCUT2D eigenvalue weighted by molar-refractivity contribution is 7.88. The predicted molar refractivity (Wildman–Crippen MR) is 90.8 cm³/mol. The first-order chi connectivity index (χ1) is 11.9. The summed E-state index contributed by atoms with van der Waals surface area (Å²) in [7, 11) is -3.48. The summed E-state index contributed by atoms with van der Waals surface area (Å²) in [4.78, 5) is 11.5. The quantitative estimate of drug-likeness (QED) is 0.787. The second-order valence-corrected chi connectivity index (χ2v) is 8.03. The highest BCUT2D eigenvalue weighted by Gasteiger charge is 2.34. The molecule has 0 bridgehead atoms. The largest absolute Gasteiger partial charge is 0.433 e. The third-order valence-corrected chi connectivity index (χ3v) is 4.01. The number of nitrogens with one attached hydrogen (secondary N) is 2. The molecule has 0 unspecified atom stereocenters. The zero-order valence-electron chi connectivity index (χ0n) is 14.3. The van der Waals surface area contributed by atoms with Gasteiger partial charge in [-0.15, -0.1) is 0 Å². The van der Waals surface area contributed by atoms with Crippen LogP contribution in [0.5, 0.6) is 0 Å². The normalized spacial score (nSPS) is 12.8. The zero-order chi connectivity index (χ0) is 19.6. The molecular weight excluding hydrogens is 371 g/mol. The van der Waals surface area contributed by atoms with E-state index in [1.807, 2.05) is 0 Å². The monoisotopic (exact) mass is 389 g/mol. The van der Waals surface area contributed by atoms with E-state index in [0.717, 1.165) is 12.3 Å². The molecule has 11 heteroatoms. The number of sulfonamides is 1. The van der Waals surface area contributed by atoms with E-state index in [1.54, 1.807) is 26.0 Å². The van der Waals surface area contributed by atoms with Gasteiger partial charge in [-0.2, -0.15) is 13.2 Å². The highest BCUT2D eigenvalue weighted by atomic mass is 32.2. The van der Waals surface area contributed by atoms with Gasteiger partial charge in [-0.1, -0.05) is 6.07 Å². The van der Waals surface area contributed by atoms with Gasteiger partial charge in [0.1, 0.15) is 11.5 Å². The molecule has 0 radical (unpaired) electrons. The van der Waals surface area contributed by atoms with Gasteiger partial charge in [0.25, 0.3) is 0 Å². The first-order valence-corrected chi connectivity index (χ1v) is 9.35. The minimum atomic E-state index is -4.66. The Morgan fingerprint density at radius 3 is 2.38 bits per heavy atom. The fourth-order valence-electron chi connectivity index (χ4n) is 2.14. The van der Waals surface area contributed by atoms with Crippen molar-refractivity contribution in [3.63, 3.8) is 0 Å². The Morgan fingerprint density at radius 1 is 1.15 bits per heavy atom. The Kier molecular flexibility index (Phi) is 5.52. The number of hydrogen-bond acceptors (Lipinski definition) is 6. The fourth-order valence-corrected chi connectivity index (χ4v) is 3.22. The fraction of sp³-hybridized carbons (Fsp3) is 0.400. The van der Waals surface area contributed by atoms with Gasteiger partial charge in [-0.3, -0.25) is 4.98 Å². The van der Waals surface area contributed by atoms with Gasteiger partial charge in [0, 0.05) is 24.3 Å². The molecule has 0 atom stereocenters. The minimum absolute atomic E-state index is 0.00996. The van der Waals surface area contributed by atoms with Crippen LogP contribution in [0.4, 0.5) is 19.0 Å². The molecule has 0 spiro atoms. The van der Waals surface area contributed by atoms with Crippen LogP contribution in [0.15, 0.2) is 30.5 Å². The first-order valence-electron chi connectivity index (χ1n) is 7.46. The Morgan fingerprint density at radius 2 is 1.85 bits per heavy atom. The molecule has 2 aromatic rings. The van der Waals surface area contributed by atoms with Crippen LogP contribution in [0.25, 0.3) is 11.5 Å². The van der Waals surface area contributed by atoms with Gasteiger partial charge >= 0.3 is 6.18 Å². The average Bonchev–Trinajstić information content (AvgIpc) is 2.50. The minimum Gasteiger partial charge on any atom is -0.368 e. The molecule has 2 N–H and O–H groups in total. The summed E-state index contributed by atoms with van der Waals surface area (Å²) in [5, 5.41) is 2.72. The van der Waals surface area contributed by atoms with E-state index in [-0.39, 0.29) is 23.9 Å². The molecule has 0 saturated heterocycles. The van der Waals surface area contributed by atoms with Crippen LogP contribution in [0.2, 0.25) is 0 Å². The predicted octanol–water partition coefficient (Wildman–Crippen LogP) is 2.30. The summed E-state index contributed by atoms with van der Waals surface area (Å²) >= 11 is 0. The smallest absolute Gasteiger partial charge is 0.368 e. The van der Waals surface area contributed by atoms with E-state index >= 15 is 0 Å². The highest BCUT2D eigenvalue weighted by Crippen LogP contribution is 2.30. The van der Waals surface area contributed by atoms with Gasteiger partial charge < -0.3 is 5.32 Å². The number of halogens is 3. The van der Waals surface area contributed by atoms with Crippen molar-refractivity contribution >= 4 is 15.8 Å². The zero-order valence-corrected chi connectivity index (χ0v) is 15.1. The lowest BCUT2D eigenvalue weighted by atomic mass is 10.1. The van der Waals surface area contributed by atoms with Gasteiger partial charge in [-0.25, -0.2) is 23.1 Å². The maximum atomic E-state index is 13.1. The number of aromatic nitrogens is 3. The van der Waals surface area contributed by atoms with Crippen molar-refractivity contribution in [2.24, 2.45) is 0 Å². The van der Waals surface area contributed by atoms with E-state index in [1.165, 1.54) is 12.3 Å². The molecule has 0 amide bonds. The van der Waals surface area contributed by atoms with Gasteiger partial charge in [0.05, 0.1) is 6.26 Å². The van der Waals surface area contributed by atoms with Crippen LogP contribution >= 0.6 is 0 Å². The molecule has 2 rings (SSSR count). The van der Waals surface area contributed by atoms with Crippen molar-refractivity contribution in [2.45, 2.75) is 25.6 Å². The van der Waals surface area contributed by atoms with E-state index in [2.05, 4.69) is 25.0 Å². The second kappa shape index (κ2) is 7.16. The lowest BCUT2D eigenvalue weighted by Gasteiger charge is -2.25. The van der Waals surface area contributed by atoms with Crippen molar-refractivity contribution in [2.75, 3.05) is 18.1 Å². The van der Waals surface area contributed by atoms with Gasteiger partial charge in [0.2, 0.25) is 10.0 Å². The molecule has 0 aliphatic carbocycles. The Balaban J connectivity index is 2.33. The van der Waals surface area contributed by atoms with Crippen LogP contribution in [0.1, 0.15) is 19.5 Å². The van der Waals surface area contributed by atoms with Crippen LogP contribution in [0, 0.1) is 0 Å². The third kappa shape index (κ3) is 5.92. The Hall–Kier alpha value is -2.27. The van der Waals surface area contributed by atoms with Gasteiger partial charge in [-0.05, 0) is 26.0 Å². The SMILES string of the molecule is CC(C)(CNc1cc(C(F)(F)F)nc(-c2ccccn2)n1)NS(C)(=O)=O. The molecule has 0 aliphatic heterocycles. The van der Waals surface area contributed by atoms with Crippen molar-refractivity contribution in [1.82, 2.24) is 19.7 Å². The lowest BCUT2D eigenvalue weighted by Crippen LogP contribution is -2.47. The summed E-state index contributed by atoms with van der Waals surface area (Å²) < 4.78 is 64.5. The maximum Gasteiger partial charge on any atom is 0.433 e. The van der Waals surface area contributed by atoms with Crippen molar-refractivity contribution in [3.8, 4) is 11.5 Å². The molecule has 2 heterocycles. The van der Waals surface area contributed by atoms with Crippen molar-refractivity contribution in [3.05, 3.63) is 36.2 Å². The molecule has 0 saturated carbocycles. The summed E-state index contributed by atoms with van der Waals surface area (Å²) in [6.45, 7) is 3.19. The number of rotatable bonds is 6. The molecule has 26 heavy (non-hydrogen) atoms. The van der Waals surface area contributed by atoms with Crippen molar-refractivity contribution < 1.29 is 21.6 Å². The van der Waals surface area contributed by atoms with E-state index in [9.17, 15) is 21.6 Å². The molecule has 7 nitrogen and oxygen atoms in total. The Bertz CT molecular complexity index is 871. The molecule has 0 aromatic carbocycles. The van der Waals surface area contributed by atoms with Gasteiger partial charge in [0.15, 0.2) is 11.5 Å². The number of alkyl halides is 3. The van der Waals surface area contributed by atoms with Crippen molar-refractivity contribution in [1.29, 1.82) is 0 Å². The number of nitrogens with zero attached hydrogens (tertiary/aromatic N) is 3. The van der Waals surface area contributed by atoms with E-state index in [0.29, 0.717) is 0 Å². The summed E-state index contributed by atoms with van der Waals surface area (Å²) in [6.07, 6.45) is -2.24. The summed E-state index contributed by atoms with van der Waals surface area (Å²) in [5.74, 6) is -0.270.